The maximum Gasteiger partial charge on any atom is 0.148 e. The Morgan fingerprint density at radius 3 is 2.95 bits per heavy atom. The van der Waals surface area contributed by atoms with Gasteiger partial charge in [0.25, 0.3) is 0 Å². The molecule has 0 saturated heterocycles. The van der Waals surface area contributed by atoms with Crippen LogP contribution in [0.5, 0.6) is 0 Å². The predicted molar refractivity (Wildman–Crippen MR) is 87.9 cm³/mol. The molecule has 3 heterocycles. The van der Waals surface area contributed by atoms with E-state index in [1.807, 2.05) is 41.8 Å². The third-order valence-corrected chi connectivity index (χ3v) is 5.21. The maximum absolute atomic E-state index is 4.82. The van der Waals surface area contributed by atoms with E-state index in [1.165, 1.54) is 10.4 Å². The predicted octanol–water partition coefficient (Wildman–Crippen LogP) is 4.21. The number of benzene rings is 1. The molecule has 0 radical (unpaired) electrons. The van der Waals surface area contributed by atoms with Crippen LogP contribution in [-0.2, 0) is 6.42 Å². The topological polar surface area (TPSA) is 29.0 Å². The zero-order valence-electron chi connectivity index (χ0n) is 12.0. The fraction of sp³-hybridized carbons (Fsp3) is 0.294. The summed E-state index contributed by atoms with van der Waals surface area (Å²) in [5, 5.41) is 2.21. The molecule has 0 amide bonds. The molecule has 0 bridgehead atoms. The molecule has 0 saturated carbocycles. The minimum Gasteiger partial charge on any atom is -0.348 e. The first-order chi connectivity index (χ1) is 10.4. The number of rotatable bonds is 2. The van der Waals surface area contributed by atoms with E-state index in [1.54, 1.807) is 0 Å². The Morgan fingerprint density at radius 2 is 2.10 bits per heavy atom. The average Bonchev–Trinajstić information content (AvgIpc) is 3.02. The maximum atomic E-state index is 4.82. The molecule has 106 valence electrons. The van der Waals surface area contributed by atoms with Gasteiger partial charge in [-0.05, 0) is 42.0 Å². The van der Waals surface area contributed by atoms with Crippen molar-refractivity contribution < 1.29 is 0 Å². The summed E-state index contributed by atoms with van der Waals surface area (Å²) in [5.74, 6) is 0.998. The van der Waals surface area contributed by atoms with Gasteiger partial charge in [0.2, 0.25) is 0 Å². The summed E-state index contributed by atoms with van der Waals surface area (Å²) in [4.78, 5) is 13.3. The Kier molecular flexibility index (Phi) is 3.11. The van der Waals surface area contributed by atoms with Gasteiger partial charge < -0.3 is 4.90 Å². The molecule has 3 nitrogen and oxygen atoms in total. The van der Waals surface area contributed by atoms with Crippen molar-refractivity contribution in [1.82, 2.24) is 9.97 Å². The number of aromatic nitrogens is 2. The Balaban J connectivity index is 1.77. The summed E-state index contributed by atoms with van der Waals surface area (Å²) in [6, 6.07) is 10.8. The fourth-order valence-corrected chi connectivity index (χ4v) is 4.12. The number of para-hydroxylation sites is 2. The lowest BCUT2D eigenvalue weighted by molar-refractivity contribution is 0.568. The summed E-state index contributed by atoms with van der Waals surface area (Å²) in [5.41, 5.74) is 3.41. The lowest BCUT2D eigenvalue weighted by Crippen LogP contribution is -2.35. The highest BCUT2D eigenvalue weighted by Crippen LogP contribution is 2.37. The normalized spacial score (nSPS) is 18.0. The SMILES string of the molecule is CC[C@@H]1c2ccsc2CCN1c1cnc2ccccc2n1. The van der Waals surface area contributed by atoms with E-state index in [0.29, 0.717) is 6.04 Å². The van der Waals surface area contributed by atoms with Gasteiger partial charge in [0.1, 0.15) is 5.82 Å². The monoisotopic (exact) mass is 295 g/mol. The fourth-order valence-electron chi connectivity index (χ4n) is 3.20. The van der Waals surface area contributed by atoms with Crippen LogP contribution in [0.2, 0.25) is 0 Å². The Hall–Kier alpha value is -1.94. The molecule has 4 heteroatoms. The minimum absolute atomic E-state index is 0.426. The van der Waals surface area contributed by atoms with Crippen LogP contribution in [-0.4, -0.2) is 16.5 Å². The quantitative estimate of drug-likeness (QED) is 0.709. The molecular formula is C17H17N3S. The van der Waals surface area contributed by atoms with Gasteiger partial charge in [0.05, 0.1) is 23.3 Å². The minimum atomic E-state index is 0.426. The second-order valence-electron chi connectivity index (χ2n) is 5.38. The second kappa shape index (κ2) is 5.11. The molecular weight excluding hydrogens is 278 g/mol. The van der Waals surface area contributed by atoms with Gasteiger partial charge in [-0.15, -0.1) is 11.3 Å². The van der Waals surface area contributed by atoms with E-state index in [2.05, 4.69) is 28.3 Å². The highest BCUT2D eigenvalue weighted by molar-refractivity contribution is 7.10. The number of hydrogen-bond donors (Lipinski definition) is 0. The molecule has 1 atom stereocenters. The van der Waals surface area contributed by atoms with Gasteiger partial charge in [-0.2, -0.15) is 0 Å². The Bertz CT molecular complexity index is 780. The van der Waals surface area contributed by atoms with Crippen molar-refractivity contribution in [3.8, 4) is 0 Å². The first kappa shape index (κ1) is 12.8. The van der Waals surface area contributed by atoms with Gasteiger partial charge in [-0.25, -0.2) is 4.98 Å². The number of thiophene rings is 1. The highest BCUT2D eigenvalue weighted by atomic mass is 32.1. The molecule has 0 aliphatic carbocycles. The number of fused-ring (bicyclic) bond motifs is 2. The van der Waals surface area contributed by atoms with Crippen LogP contribution in [0, 0.1) is 0 Å². The molecule has 1 aromatic carbocycles. The Labute approximate surface area is 128 Å². The van der Waals surface area contributed by atoms with Crippen LogP contribution in [0.4, 0.5) is 5.82 Å². The van der Waals surface area contributed by atoms with Crippen LogP contribution >= 0.6 is 11.3 Å². The molecule has 2 aromatic heterocycles. The van der Waals surface area contributed by atoms with E-state index in [-0.39, 0.29) is 0 Å². The lowest BCUT2D eigenvalue weighted by atomic mass is 9.98. The van der Waals surface area contributed by atoms with Crippen molar-refractivity contribution in [3.05, 3.63) is 52.3 Å². The van der Waals surface area contributed by atoms with Crippen molar-refractivity contribution in [3.63, 3.8) is 0 Å². The summed E-state index contributed by atoms with van der Waals surface area (Å²) in [7, 11) is 0. The summed E-state index contributed by atoms with van der Waals surface area (Å²) < 4.78 is 0. The number of nitrogens with zero attached hydrogens (tertiary/aromatic N) is 3. The molecule has 0 N–H and O–H groups in total. The summed E-state index contributed by atoms with van der Waals surface area (Å²) in [6.45, 7) is 3.28. The van der Waals surface area contributed by atoms with Crippen molar-refractivity contribution in [2.75, 3.05) is 11.4 Å². The smallest absolute Gasteiger partial charge is 0.148 e. The van der Waals surface area contributed by atoms with Crippen molar-refractivity contribution in [1.29, 1.82) is 0 Å². The van der Waals surface area contributed by atoms with Gasteiger partial charge in [0.15, 0.2) is 0 Å². The highest BCUT2D eigenvalue weighted by Gasteiger charge is 2.28. The van der Waals surface area contributed by atoms with Gasteiger partial charge in [-0.3, -0.25) is 4.98 Å². The number of hydrogen-bond acceptors (Lipinski definition) is 4. The van der Waals surface area contributed by atoms with Gasteiger partial charge in [0, 0.05) is 11.4 Å². The van der Waals surface area contributed by atoms with Crippen LogP contribution in [0.15, 0.2) is 41.9 Å². The largest absolute Gasteiger partial charge is 0.348 e. The third-order valence-electron chi connectivity index (χ3n) is 4.21. The van der Waals surface area contributed by atoms with Gasteiger partial charge in [-0.1, -0.05) is 19.1 Å². The first-order valence-corrected chi connectivity index (χ1v) is 8.29. The van der Waals surface area contributed by atoms with E-state index >= 15 is 0 Å². The van der Waals surface area contributed by atoms with Crippen LogP contribution in [0.1, 0.15) is 29.8 Å². The van der Waals surface area contributed by atoms with E-state index in [4.69, 9.17) is 4.98 Å². The van der Waals surface area contributed by atoms with E-state index < -0.39 is 0 Å². The van der Waals surface area contributed by atoms with Crippen LogP contribution < -0.4 is 4.90 Å². The molecule has 0 unspecified atom stereocenters. The zero-order valence-corrected chi connectivity index (χ0v) is 12.8. The average molecular weight is 295 g/mol. The molecule has 0 fully saturated rings. The molecule has 3 aromatic rings. The lowest BCUT2D eigenvalue weighted by Gasteiger charge is -2.36. The second-order valence-corrected chi connectivity index (χ2v) is 6.38. The van der Waals surface area contributed by atoms with Crippen LogP contribution in [0.25, 0.3) is 11.0 Å². The van der Waals surface area contributed by atoms with Crippen molar-refractivity contribution in [2.45, 2.75) is 25.8 Å². The van der Waals surface area contributed by atoms with E-state index in [0.717, 1.165) is 36.2 Å². The molecule has 4 rings (SSSR count). The first-order valence-electron chi connectivity index (χ1n) is 7.41. The molecule has 0 spiro atoms. The van der Waals surface area contributed by atoms with Crippen LogP contribution in [0.3, 0.4) is 0 Å². The molecule has 21 heavy (non-hydrogen) atoms. The molecule has 1 aliphatic heterocycles. The summed E-state index contributed by atoms with van der Waals surface area (Å²) in [6.07, 6.45) is 4.12. The Morgan fingerprint density at radius 1 is 1.24 bits per heavy atom. The van der Waals surface area contributed by atoms with Crippen molar-refractivity contribution >= 4 is 28.2 Å². The van der Waals surface area contributed by atoms with Gasteiger partial charge >= 0.3 is 0 Å². The molecule has 1 aliphatic rings. The summed E-state index contributed by atoms with van der Waals surface area (Å²) >= 11 is 1.88. The number of anilines is 1. The third kappa shape index (κ3) is 2.10. The van der Waals surface area contributed by atoms with E-state index in [9.17, 15) is 0 Å². The standard InChI is InChI=1S/C17H17N3S/c1-2-15-12-8-10-21-16(12)7-9-20(15)17-11-18-13-5-3-4-6-14(13)19-17/h3-6,8,10-11,15H,2,7,9H2,1H3/t15-/m1/s1. The zero-order chi connectivity index (χ0) is 14.2. The van der Waals surface area contributed by atoms with Crippen molar-refractivity contribution in [2.24, 2.45) is 0 Å².